The van der Waals surface area contributed by atoms with E-state index < -0.39 is 8.32 Å². The van der Waals surface area contributed by atoms with Crippen LogP contribution >= 0.6 is 0 Å². The van der Waals surface area contributed by atoms with Gasteiger partial charge in [0.25, 0.3) is 0 Å². The van der Waals surface area contributed by atoms with Gasteiger partial charge in [0.15, 0.2) is 14.6 Å². The van der Waals surface area contributed by atoms with Gasteiger partial charge in [-0.2, -0.15) is 0 Å². The molecule has 0 atom stereocenters. The van der Waals surface area contributed by atoms with Gasteiger partial charge in [-0.1, -0.05) is 32.9 Å². The third-order valence-corrected chi connectivity index (χ3v) is 8.52. The third-order valence-electron chi connectivity index (χ3n) is 3.98. The molecule has 0 aromatic rings. The van der Waals surface area contributed by atoms with Gasteiger partial charge in [-0.25, -0.2) is 0 Å². The maximum absolute atomic E-state index is 6.11. The Hall–Kier alpha value is -0.163. The fraction of sp³-hybridized carbons (Fsp3) is 0.867. The van der Waals surface area contributed by atoms with Crippen molar-refractivity contribution in [3.05, 3.63) is 12.2 Å². The van der Waals surface area contributed by atoms with Crippen LogP contribution in [0.2, 0.25) is 18.1 Å². The minimum absolute atomic E-state index is 0.0214. The predicted octanol–water partition coefficient (Wildman–Crippen LogP) is 4.11. The highest BCUT2D eigenvalue weighted by atomic mass is 28.4. The van der Waals surface area contributed by atoms with Crippen molar-refractivity contribution in [2.75, 3.05) is 19.8 Å². The van der Waals surface area contributed by atoms with Crippen LogP contribution in [-0.4, -0.2) is 34.4 Å². The van der Waals surface area contributed by atoms with Crippen molar-refractivity contribution < 1.29 is 13.9 Å². The van der Waals surface area contributed by atoms with E-state index in [1.165, 1.54) is 0 Å². The van der Waals surface area contributed by atoms with Gasteiger partial charge in [-0.05, 0) is 31.0 Å². The van der Waals surface area contributed by atoms with Crippen LogP contribution in [0.4, 0.5) is 0 Å². The van der Waals surface area contributed by atoms with Crippen LogP contribution in [0, 0.1) is 0 Å². The number of hydrogen-bond donors (Lipinski definition) is 0. The standard InChI is InChI=1S/C15H30O3Si/c1-15(2,3)19(4,5)18-11-9-7-6-8-10-14-16-12-13-17-14/h6-7,14H,8-13H2,1-5H3/b7-6+. The van der Waals surface area contributed by atoms with E-state index in [4.69, 9.17) is 13.9 Å². The van der Waals surface area contributed by atoms with Crippen LogP contribution in [0.1, 0.15) is 40.0 Å². The summed E-state index contributed by atoms with van der Waals surface area (Å²) in [5.74, 6) is 0. The van der Waals surface area contributed by atoms with Crippen molar-refractivity contribution in [1.29, 1.82) is 0 Å². The molecule has 0 bridgehead atoms. The topological polar surface area (TPSA) is 27.7 Å². The van der Waals surface area contributed by atoms with E-state index >= 15 is 0 Å². The molecule has 1 rings (SSSR count). The summed E-state index contributed by atoms with van der Waals surface area (Å²) in [6, 6.07) is 0. The lowest BCUT2D eigenvalue weighted by Gasteiger charge is -2.36. The first-order valence-corrected chi connectivity index (χ1v) is 10.3. The molecule has 112 valence electrons. The second-order valence-electron chi connectivity index (χ2n) is 6.62. The predicted molar refractivity (Wildman–Crippen MR) is 81.8 cm³/mol. The second-order valence-corrected chi connectivity index (χ2v) is 11.4. The Bertz CT molecular complexity index is 276. The van der Waals surface area contributed by atoms with Crippen LogP contribution in [0.15, 0.2) is 12.2 Å². The smallest absolute Gasteiger partial charge is 0.191 e. The lowest BCUT2D eigenvalue weighted by Crippen LogP contribution is -2.40. The largest absolute Gasteiger partial charge is 0.417 e. The monoisotopic (exact) mass is 286 g/mol. The van der Waals surface area contributed by atoms with Crippen LogP contribution < -0.4 is 0 Å². The Balaban J connectivity index is 2.06. The Morgan fingerprint density at radius 2 is 1.68 bits per heavy atom. The van der Waals surface area contributed by atoms with Crippen LogP contribution in [0.3, 0.4) is 0 Å². The van der Waals surface area contributed by atoms with E-state index in [2.05, 4.69) is 46.0 Å². The average Bonchev–Trinajstić information content (AvgIpc) is 2.79. The fourth-order valence-electron chi connectivity index (χ4n) is 1.64. The maximum atomic E-state index is 6.11. The van der Waals surface area contributed by atoms with Crippen LogP contribution in [0.25, 0.3) is 0 Å². The van der Waals surface area contributed by atoms with Gasteiger partial charge < -0.3 is 13.9 Å². The van der Waals surface area contributed by atoms with E-state index in [0.717, 1.165) is 39.1 Å². The van der Waals surface area contributed by atoms with Gasteiger partial charge in [0.05, 0.1) is 13.2 Å². The molecule has 0 saturated carbocycles. The Morgan fingerprint density at radius 3 is 2.26 bits per heavy atom. The molecule has 1 aliphatic rings. The molecule has 0 spiro atoms. The first-order valence-electron chi connectivity index (χ1n) is 7.35. The normalized spacial score (nSPS) is 18.6. The molecule has 1 heterocycles. The molecule has 0 aliphatic carbocycles. The molecular formula is C15H30O3Si. The lowest BCUT2D eigenvalue weighted by molar-refractivity contribution is -0.0457. The first kappa shape index (κ1) is 16.9. The van der Waals surface area contributed by atoms with E-state index in [0.29, 0.717) is 5.04 Å². The van der Waals surface area contributed by atoms with Crippen LogP contribution in [0.5, 0.6) is 0 Å². The lowest BCUT2D eigenvalue weighted by atomic mass is 10.2. The van der Waals surface area contributed by atoms with Gasteiger partial charge in [0.1, 0.15) is 0 Å². The van der Waals surface area contributed by atoms with Gasteiger partial charge in [0, 0.05) is 13.0 Å². The van der Waals surface area contributed by atoms with Crippen molar-refractivity contribution in [1.82, 2.24) is 0 Å². The average molecular weight is 286 g/mol. The molecular weight excluding hydrogens is 256 g/mol. The number of hydrogen-bond acceptors (Lipinski definition) is 3. The van der Waals surface area contributed by atoms with Crippen molar-refractivity contribution in [2.45, 2.75) is 64.5 Å². The van der Waals surface area contributed by atoms with Gasteiger partial charge in [-0.15, -0.1) is 0 Å². The molecule has 0 aromatic carbocycles. The quantitative estimate of drug-likeness (QED) is 0.400. The summed E-state index contributed by atoms with van der Waals surface area (Å²) >= 11 is 0. The molecule has 0 amide bonds. The van der Waals surface area contributed by atoms with Crippen molar-refractivity contribution in [3.8, 4) is 0 Å². The zero-order chi connectivity index (χ0) is 14.4. The van der Waals surface area contributed by atoms with E-state index in [9.17, 15) is 0 Å². The van der Waals surface area contributed by atoms with E-state index in [1.54, 1.807) is 0 Å². The molecule has 4 heteroatoms. The minimum Gasteiger partial charge on any atom is -0.417 e. The summed E-state index contributed by atoms with van der Waals surface area (Å²) in [5.41, 5.74) is 0. The Kier molecular flexibility index (Phi) is 6.73. The SMILES string of the molecule is CC(C)(C)[Si](C)(C)OCC/C=C/CCC1OCCO1. The highest BCUT2D eigenvalue weighted by Gasteiger charge is 2.36. The fourth-order valence-corrected chi connectivity index (χ4v) is 2.70. The van der Waals surface area contributed by atoms with E-state index in [-0.39, 0.29) is 6.29 Å². The number of ether oxygens (including phenoxy) is 2. The summed E-state index contributed by atoms with van der Waals surface area (Å²) in [7, 11) is -1.57. The van der Waals surface area contributed by atoms with Crippen LogP contribution in [-0.2, 0) is 13.9 Å². The van der Waals surface area contributed by atoms with E-state index in [1.807, 2.05) is 0 Å². The molecule has 1 fully saturated rings. The summed E-state index contributed by atoms with van der Waals surface area (Å²) in [5, 5.41) is 0.299. The van der Waals surface area contributed by atoms with Gasteiger partial charge >= 0.3 is 0 Å². The van der Waals surface area contributed by atoms with Crippen molar-refractivity contribution in [3.63, 3.8) is 0 Å². The zero-order valence-electron chi connectivity index (χ0n) is 13.2. The maximum Gasteiger partial charge on any atom is 0.191 e. The zero-order valence-corrected chi connectivity index (χ0v) is 14.2. The summed E-state index contributed by atoms with van der Waals surface area (Å²) in [4.78, 5) is 0. The number of rotatable bonds is 7. The van der Waals surface area contributed by atoms with Gasteiger partial charge in [-0.3, -0.25) is 0 Å². The molecule has 1 saturated heterocycles. The molecule has 1 aliphatic heterocycles. The summed E-state index contributed by atoms with van der Waals surface area (Å²) < 4.78 is 16.9. The number of allylic oxidation sites excluding steroid dienone is 1. The summed E-state index contributed by atoms with van der Waals surface area (Å²) in [6.45, 7) is 13.7. The third kappa shape index (κ3) is 6.21. The second kappa shape index (κ2) is 7.57. The highest BCUT2D eigenvalue weighted by Crippen LogP contribution is 2.36. The van der Waals surface area contributed by atoms with Crippen molar-refractivity contribution >= 4 is 8.32 Å². The highest BCUT2D eigenvalue weighted by molar-refractivity contribution is 6.74. The Labute approximate surface area is 119 Å². The molecule has 3 nitrogen and oxygen atoms in total. The molecule has 0 unspecified atom stereocenters. The minimum atomic E-state index is -1.57. The Morgan fingerprint density at radius 1 is 1.11 bits per heavy atom. The summed E-state index contributed by atoms with van der Waals surface area (Å²) in [6.07, 6.45) is 7.42. The molecule has 0 N–H and O–H groups in total. The molecule has 19 heavy (non-hydrogen) atoms. The first-order chi connectivity index (χ1) is 8.83. The van der Waals surface area contributed by atoms with Crippen molar-refractivity contribution in [2.24, 2.45) is 0 Å². The molecule has 0 aromatic heterocycles. The molecule has 0 radical (unpaired) electrons. The van der Waals surface area contributed by atoms with Gasteiger partial charge in [0.2, 0.25) is 0 Å².